The van der Waals surface area contributed by atoms with Gasteiger partial charge < -0.3 is 10.2 Å². The Hall–Kier alpha value is -1.69. The molecule has 0 radical (unpaired) electrons. The largest absolute Gasteiger partial charge is 0.364 e. The molecule has 3 heterocycles. The van der Waals surface area contributed by atoms with E-state index in [9.17, 15) is 4.79 Å². The van der Waals surface area contributed by atoms with Gasteiger partial charge in [0.1, 0.15) is 5.82 Å². The molecule has 3 rings (SSSR count). The molecule has 108 valence electrons. The van der Waals surface area contributed by atoms with E-state index in [2.05, 4.69) is 20.4 Å². The second kappa shape index (κ2) is 5.36. The Balaban J connectivity index is 1.65. The van der Waals surface area contributed by atoms with E-state index < -0.39 is 0 Å². The van der Waals surface area contributed by atoms with Crippen LogP contribution in [-0.4, -0.2) is 65.2 Å². The van der Waals surface area contributed by atoms with Gasteiger partial charge in [0.05, 0.1) is 0 Å². The predicted octanol–water partition coefficient (Wildman–Crippen LogP) is 0.827. The Labute approximate surface area is 119 Å². The molecule has 6 heteroatoms. The van der Waals surface area contributed by atoms with Crippen LogP contribution in [0.25, 0.3) is 0 Å². The summed E-state index contributed by atoms with van der Waals surface area (Å²) < 4.78 is 0. The van der Waals surface area contributed by atoms with E-state index in [1.54, 1.807) is 20.2 Å². The number of anilines is 1. The van der Waals surface area contributed by atoms with Gasteiger partial charge in [-0.1, -0.05) is 0 Å². The number of hydrogen-bond donors (Lipinski definition) is 1. The average Bonchev–Trinajstić information content (AvgIpc) is 3.04. The highest BCUT2D eigenvalue weighted by molar-refractivity contribution is 5.91. The van der Waals surface area contributed by atoms with Gasteiger partial charge in [-0.2, -0.15) is 0 Å². The summed E-state index contributed by atoms with van der Waals surface area (Å²) in [6.07, 6.45) is 3.72. The van der Waals surface area contributed by atoms with Gasteiger partial charge in [-0.3, -0.25) is 9.69 Å². The molecule has 1 aromatic heterocycles. The first kappa shape index (κ1) is 13.3. The summed E-state index contributed by atoms with van der Waals surface area (Å²) >= 11 is 0. The molecule has 6 nitrogen and oxygen atoms in total. The number of nitrogens with zero attached hydrogens (tertiary/aromatic N) is 4. The van der Waals surface area contributed by atoms with Gasteiger partial charge in [0, 0.05) is 32.7 Å². The van der Waals surface area contributed by atoms with E-state index in [0.29, 0.717) is 17.8 Å². The minimum atomic E-state index is -0.119. The fourth-order valence-corrected chi connectivity index (χ4v) is 3.19. The molecule has 0 bridgehead atoms. The van der Waals surface area contributed by atoms with Crippen LogP contribution in [0.1, 0.15) is 29.8 Å². The number of rotatable bonds is 3. The average molecular weight is 275 g/mol. The predicted molar refractivity (Wildman–Crippen MR) is 76.7 cm³/mol. The molecule has 0 aliphatic carbocycles. The first-order valence-corrected chi connectivity index (χ1v) is 7.21. The highest BCUT2D eigenvalue weighted by Gasteiger charge is 2.37. The van der Waals surface area contributed by atoms with Crippen LogP contribution >= 0.6 is 0 Å². The zero-order chi connectivity index (χ0) is 14.1. The first-order chi connectivity index (χ1) is 9.65. The summed E-state index contributed by atoms with van der Waals surface area (Å²) in [4.78, 5) is 15.8. The number of amides is 1. The third-order valence-electron chi connectivity index (χ3n) is 4.23. The van der Waals surface area contributed by atoms with Crippen LogP contribution in [0.2, 0.25) is 0 Å². The second-order valence-corrected chi connectivity index (χ2v) is 5.79. The quantitative estimate of drug-likeness (QED) is 0.885. The van der Waals surface area contributed by atoms with Crippen molar-refractivity contribution in [2.24, 2.45) is 0 Å². The van der Waals surface area contributed by atoms with Crippen LogP contribution in [0, 0.1) is 0 Å². The first-order valence-electron chi connectivity index (χ1n) is 7.21. The molecule has 1 amide bonds. The molecule has 2 aliphatic heterocycles. The van der Waals surface area contributed by atoms with Gasteiger partial charge in [-0.25, -0.2) is 0 Å². The summed E-state index contributed by atoms with van der Waals surface area (Å²) in [6, 6.07) is 4.68. The summed E-state index contributed by atoms with van der Waals surface area (Å²) in [7, 11) is 3.42. The number of fused-ring (bicyclic) bond motifs is 1. The van der Waals surface area contributed by atoms with Crippen LogP contribution in [0.15, 0.2) is 12.1 Å². The van der Waals surface area contributed by atoms with E-state index in [1.807, 2.05) is 6.07 Å². The lowest BCUT2D eigenvalue weighted by Gasteiger charge is -2.21. The van der Waals surface area contributed by atoms with Gasteiger partial charge in [-0.05, 0) is 37.9 Å². The lowest BCUT2D eigenvalue weighted by molar-refractivity contribution is 0.0821. The van der Waals surface area contributed by atoms with Gasteiger partial charge in [0.2, 0.25) is 0 Å². The number of nitrogens with one attached hydrogen (secondary N) is 1. The van der Waals surface area contributed by atoms with Gasteiger partial charge in [0.25, 0.3) is 5.91 Å². The Bertz CT molecular complexity index is 487. The van der Waals surface area contributed by atoms with Crippen LogP contribution < -0.4 is 5.32 Å². The summed E-state index contributed by atoms with van der Waals surface area (Å²) in [6.45, 7) is 2.40. The van der Waals surface area contributed by atoms with Crippen molar-refractivity contribution >= 4 is 11.7 Å². The highest BCUT2D eigenvalue weighted by atomic mass is 16.2. The molecule has 2 unspecified atom stereocenters. The van der Waals surface area contributed by atoms with Crippen molar-refractivity contribution in [2.75, 3.05) is 32.5 Å². The fraction of sp³-hybridized carbons (Fsp3) is 0.643. The van der Waals surface area contributed by atoms with Crippen molar-refractivity contribution < 1.29 is 4.79 Å². The number of carbonyl (C=O) groups is 1. The fourth-order valence-electron chi connectivity index (χ4n) is 3.19. The van der Waals surface area contributed by atoms with Crippen molar-refractivity contribution in [3.05, 3.63) is 17.8 Å². The van der Waals surface area contributed by atoms with E-state index in [4.69, 9.17) is 0 Å². The van der Waals surface area contributed by atoms with E-state index in [1.165, 1.54) is 30.8 Å². The SMILES string of the molecule is CN(C)C(=O)c1ccc(NC2CCN3CCCC23)nn1. The van der Waals surface area contributed by atoms with Crippen molar-refractivity contribution in [3.8, 4) is 0 Å². The van der Waals surface area contributed by atoms with Crippen molar-refractivity contribution in [3.63, 3.8) is 0 Å². The summed E-state index contributed by atoms with van der Waals surface area (Å²) in [5, 5.41) is 11.6. The molecule has 0 aromatic carbocycles. The molecule has 2 saturated heterocycles. The van der Waals surface area contributed by atoms with E-state index in [0.717, 1.165) is 12.2 Å². The second-order valence-electron chi connectivity index (χ2n) is 5.79. The van der Waals surface area contributed by atoms with Crippen molar-refractivity contribution in [1.29, 1.82) is 0 Å². The van der Waals surface area contributed by atoms with Crippen LogP contribution in [0.5, 0.6) is 0 Å². The Morgan fingerprint density at radius 1 is 1.30 bits per heavy atom. The zero-order valence-electron chi connectivity index (χ0n) is 12.0. The molecule has 2 fully saturated rings. The molecular weight excluding hydrogens is 254 g/mol. The van der Waals surface area contributed by atoms with Crippen LogP contribution in [-0.2, 0) is 0 Å². The van der Waals surface area contributed by atoms with Crippen molar-refractivity contribution in [1.82, 2.24) is 20.0 Å². The summed E-state index contributed by atoms with van der Waals surface area (Å²) in [5.74, 6) is 0.644. The van der Waals surface area contributed by atoms with Crippen LogP contribution in [0.3, 0.4) is 0 Å². The Kier molecular flexibility index (Phi) is 3.56. The maximum Gasteiger partial charge on any atom is 0.273 e. The molecular formula is C14H21N5O. The molecule has 1 aromatic rings. The Morgan fingerprint density at radius 2 is 2.15 bits per heavy atom. The highest BCUT2D eigenvalue weighted by Crippen LogP contribution is 2.29. The number of hydrogen-bond acceptors (Lipinski definition) is 5. The molecule has 20 heavy (non-hydrogen) atoms. The maximum absolute atomic E-state index is 11.7. The van der Waals surface area contributed by atoms with Gasteiger partial charge in [0.15, 0.2) is 5.69 Å². The Morgan fingerprint density at radius 3 is 2.85 bits per heavy atom. The molecule has 0 saturated carbocycles. The third-order valence-corrected chi connectivity index (χ3v) is 4.23. The van der Waals surface area contributed by atoms with Gasteiger partial charge >= 0.3 is 0 Å². The summed E-state index contributed by atoms with van der Waals surface area (Å²) in [5.41, 5.74) is 0.384. The smallest absolute Gasteiger partial charge is 0.273 e. The zero-order valence-corrected chi connectivity index (χ0v) is 12.0. The molecule has 0 spiro atoms. The lowest BCUT2D eigenvalue weighted by Crippen LogP contribution is -2.34. The topological polar surface area (TPSA) is 61.4 Å². The van der Waals surface area contributed by atoms with E-state index >= 15 is 0 Å². The minimum Gasteiger partial charge on any atom is -0.364 e. The van der Waals surface area contributed by atoms with Gasteiger partial charge in [-0.15, -0.1) is 10.2 Å². The molecule has 2 atom stereocenters. The van der Waals surface area contributed by atoms with E-state index in [-0.39, 0.29) is 5.91 Å². The number of carbonyl (C=O) groups excluding carboxylic acids is 1. The van der Waals surface area contributed by atoms with Crippen LogP contribution in [0.4, 0.5) is 5.82 Å². The normalized spacial score (nSPS) is 25.5. The monoisotopic (exact) mass is 275 g/mol. The maximum atomic E-state index is 11.7. The molecule has 2 aliphatic rings. The lowest BCUT2D eigenvalue weighted by atomic mass is 10.1. The van der Waals surface area contributed by atoms with Crippen molar-refractivity contribution in [2.45, 2.75) is 31.3 Å². The standard InChI is InChI=1S/C14H21N5O/c1-18(2)14(20)11-5-6-13(17-16-11)15-10-7-9-19-8-3-4-12(10)19/h5-6,10,12H,3-4,7-9H2,1-2H3,(H,15,17). The number of aromatic nitrogens is 2. The minimum absolute atomic E-state index is 0.119. The molecule has 1 N–H and O–H groups in total. The third kappa shape index (κ3) is 2.47.